The summed E-state index contributed by atoms with van der Waals surface area (Å²) in [4.78, 5) is 11.2. The van der Waals surface area contributed by atoms with Crippen LogP contribution in [0, 0.1) is 17.2 Å². The summed E-state index contributed by atoms with van der Waals surface area (Å²) < 4.78 is 7.96. The fourth-order valence-corrected chi connectivity index (χ4v) is 4.67. The summed E-state index contributed by atoms with van der Waals surface area (Å²) >= 11 is 1.63. The van der Waals surface area contributed by atoms with Gasteiger partial charge in [0, 0.05) is 41.2 Å². The lowest BCUT2D eigenvalue weighted by Gasteiger charge is -2.26. The van der Waals surface area contributed by atoms with Gasteiger partial charge in [0.15, 0.2) is 0 Å². The quantitative estimate of drug-likeness (QED) is 0.597. The molecule has 1 saturated heterocycles. The summed E-state index contributed by atoms with van der Waals surface area (Å²) in [7, 11) is 0. The number of fused-ring (bicyclic) bond motifs is 1. The number of rotatable bonds is 4. The zero-order valence-electron chi connectivity index (χ0n) is 17.2. The van der Waals surface area contributed by atoms with Crippen LogP contribution in [-0.2, 0) is 16.7 Å². The number of imidazole rings is 1. The lowest BCUT2D eigenvalue weighted by atomic mass is 9.94. The zero-order chi connectivity index (χ0) is 20.4. The first-order chi connectivity index (χ1) is 13.9. The Hall–Kier alpha value is -2.36. The average molecular weight is 407 g/mol. The van der Waals surface area contributed by atoms with Gasteiger partial charge in [-0.2, -0.15) is 5.26 Å². The standard InChI is InChI=1S/C23H26N4OS/c1-23(2,3)22-26-20-13-18(29-19-6-9-25-17(12-19)14-24)4-5-21(20)27(22)15-16-7-10-28-11-8-16/h4-6,9,12-13,16H,7-8,10-11,15H2,1-3H3. The van der Waals surface area contributed by atoms with Crippen LogP contribution < -0.4 is 0 Å². The normalized spacial score (nSPS) is 15.5. The van der Waals surface area contributed by atoms with Crippen LogP contribution in [0.4, 0.5) is 0 Å². The fourth-order valence-electron chi connectivity index (χ4n) is 3.79. The molecule has 4 rings (SSSR count). The molecule has 0 N–H and O–H groups in total. The molecule has 0 aliphatic carbocycles. The van der Waals surface area contributed by atoms with Crippen LogP contribution in [0.15, 0.2) is 46.3 Å². The van der Waals surface area contributed by atoms with Crippen LogP contribution in [0.3, 0.4) is 0 Å². The second-order valence-corrected chi connectivity index (χ2v) is 9.74. The third kappa shape index (κ3) is 4.47. The van der Waals surface area contributed by atoms with Gasteiger partial charge in [0.05, 0.1) is 11.0 Å². The van der Waals surface area contributed by atoms with Crippen molar-refractivity contribution >= 4 is 22.8 Å². The molecule has 6 heteroatoms. The molecule has 1 aliphatic rings. The van der Waals surface area contributed by atoms with Gasteiger partial charge in [-0.25, -0.2) is 9.97 Å². The molecule has 0 unspecified atom stereocenters. The number of hydrogen-bond donors (Lipinski definition) is 0. The number of ether oxygens (including phenoxy) is 1. The maximum atomic E-state index is 9.07. The lowest BCUT2D eigenvalue weighted by molar-refractivity contribution is 0.0611. The van der Waals surface area contributed by atoms with E-state index in [0.717, 1.165) is 53.7 Å². The monoisotopic (exact) mass is 406 g/mol. The predicted octanol–water partition coefficient (Wildman–Crippen LogP) is 5.18. The number of benzene rings is 1. The molecule has 0 spiro atoms. The highest BCUT2D eigenvalue weighted by Gasteiger charge is 2.25. The van der Waals surface area contributed by atoms with Crippen molar-refractivity contribution in [3.8, 4) is 6.07 Å². The number of nitriles is 1. The van der Waals surface area contributed by atoms with E-state index in [0.29, 0.717) is 11.6 Å². The van der Waals surface area contributed by atoms with E-state index in [1.165, 1.54) is 5.52 Å². The minimum Gasteiger partial charge on any atom is -0.381 e. The number of hydrogen-bond acceptors (Lipinski definition) is 5. The van der Waals surface area contributed by atoms with Crippen molar-refractivity contribution in [1.82, 2.24) is 14.5 Å². The van der Waals surface area contributed by atoms with E-state index in [4.69, 9.17) is 15.0 Å². The highest BCUT2D eigenvalue weighted by molar-refractivity contribution is 7.99. The summed E-state index contributed by atoms with van der Waals surface area (Å²) in [6.07, 6.45) is 3.90. The molecule has 3 aromatic rings. The Balaban J connectivity index is 1.68. The molecule has 0 bridgehead atoms. The van der Waals surface area contributed by atoms with Crippen molar-refractivity contribution in [3.63, 3.8) is 0 Å². The van der Waals surface area contributed by atoms with Crippen molar-refractivity contribution in [2.24, 2.45) is 5.92 Å². The van der Waals surface area contributed by atoms with E-state index < -0.39 is 0 Å². The van der Waals surface area contributed by atoms with Crippen LogP contribution in [0.25, 0.3) is 11.0 Å². The highest BCUT2D eigenvalue weighted by Crippen LogP contribution is 2.33. The Kier molecular flexibility index (Phi) is 5.62. The molecule has 0 amide bonds. The Morgan fingerprint density at radius 2 is 1.93 bits per heavy atom. The van der Waals surface area contributed by atoms with E-state index in [1.807, 2.05) is 12.1 Å². The topological polar surface area (TPSA) is 63.7 Å². The SMILES string of the molecule is CC(C)(C)c1nc2cc(Sc3ccnc(C#N)c3)ccc2n1CC1CCOCC1. The van der Waals surface area contributed by atoms with Gasteiger partial charge in [-0.3, -0.25) is 0 Å². The van der Waals surface area contributed by atoms with Gasteiger partial charge in [-0.1, -0.05) is 32.5 Å². The first kappa shape index (κ1) is 19.9. The maximum absolute atomic E-state index is 9.07. The predicted molar refractivity (Wildman–Crippen MR) is 115 cm³/mol. The van der Waals surface area contributed by atoms with Gasteiger partial charge >= 0.3 is 0 Å². The van der Waals surface area contributed by atoms with Gasteiger partial charge in [0.25, 0.3) is 0 Å². The summed E-state index contributed by atoms with van der Waals surface area (Å²) in [6, 6.07) is 12.3. The van der Waals surface area contributed by atoms with Crippen molar-refractivity contribution in [1.29, 1.82) is 5.26 Å². The second-order valence-electron chi connectivity index (χ2n) is 8.59. The summed E-state index contributed by atoms with van der Waals surface area (Å²) in [5.74, 6) is 1.77. The fraction of sp³-hybridized carbons (Fsp3) is 0.435. The van der Waals surface area contributed by atoms with E-state index in [1.54, 1.807) is 18.0 Å². The minimum atomic E-state index is -0.0235. The highest BCUT2D eigenvalue weighted by atomic mass is 32.2. The van der Waals surface area contributed by atoms with Gasteiger partial charge in [0.2, 0.25) is 0 Å². The first-order valence-corrected chi connectivity index (χ1v) is 10.9. The van der Waals surface area contributed by atoms with Crippen molar-refractivity contribution in [2.45, 2.75) is 55.4 Å². The molecule has 2 aromatic heterocycles. The van der Waals surface area contributed by atoms with Gasteiger partial charge < -0.3 is 9.30 Å². The molecule has 5 nitrogen and oxygen atoms in total. The van der Waals surface area contributed by atoms with Crippen LogP contribution in [0.5, 0.6) is 0 Å². The van der Waals surface area contributed by atoms with Gasteiger partial charge in [-0.15, -0.1) is 0 Å². The van der Waals surface area contributed by atoms with Crippen LogP contribution in [0.1, 0.15) is 45.1 Å². The minimum absolute atomic E-state index is 0.0235. The molecule has 3 heterocycles. The molecule has 29 heavy (non-hydrogen) atoms. The Morgan fingerprint density at radius 3 is 2.66 bits per heavy atom. The third-order valence-corrected chi connectivity index (χ3v) is 6.23. The van der Waals surface area contributed by atoms with E-state index in [2.05, 4.69) is 54.6 Å². The molecule has 1 fully saturated rings. The summed E-state index contributed by atoms with van der Waals surface area (Å²) in [5.41, 5.74) is 2.64. The Labute approximate surface area is 176 Å². The van der Waals surface area contributed by atoms with Crippen LogP contribution >= 0.6 is 11.8 Å². The van der Waals surface area contributed by atoms with Crippen molar-refractivity contribution < 1.29 is 4.74 Å². The average Bonchev–Trinajstić information content (AvgIpc) is 3.07. The molecular formula is C23H26N4OS. The molecular weight excluding hydrogens is 380 g/mol. The van der Waals surface area contributed by atoms with E-state index in [-0.39, 0.29) is 5.41 Å². The number of aromatic nitrogens is 3. The van der Waals surface area contributed by atoms with E-state index in [9.17, 15) is 0 Å². The molecule has 1 aliphatic heterocycles. The van der Waals surface area contributed by atoms with Gasteiger partial charge in [-0.05, 0) is 49.1 Å². The van der Waals surface area contributed by atoms with Crippen molar-refractivity contribution in [2.75, 3.05) is 13.2 Å². The Bertz CT molecular complexity index is 1050. The molecule has 0 atom stereocenters. The summed E-state index contributed by atoms with van der Waals surface area (Å²) in [6.45, 7) is 9.40. The molecule has 0 radical (unpaired) electrons. The molecule has 1 aromatic carbocycles. The second kappa shape index (κ2) is 8.17. The lowest BCUT2D eigenvalue weighted by Crippen LogP contribution is -2.25. The molecule has 0 saturated carbocycles. The molecule has 150 valence electrons. The van der Waals surface area contributed by atoms with Crippen LogP contribution in [-0.4, -0.2) is 27.7 Å². The third-order valence-electron chi connectivity index (χ3n) is 5.25. The summed E-state index contributed by atoms with van der Waals surface area (Å²) in [5, 5.41) is 9.07. The maximum Gasteiger partial charge on any atom is 0.141 e. The van der Waals surface area contributed by atoms with Gasteiger partial charge in [0.1, 0.15) is 17.6 Å². The largest absolute Gasteiger partial charge is 0.381 e. The van der Waals surface area contributed by atoms with Crippen LogP contribution in [0.2, 0.25) is 0 Å². The Morgan fingerprint density at radius 1 is 1.17 bits per heavy atom. The number of pyridine rings is 1. The number of nitrogens with zero attached hydrogens (tertiary/aromatic N) is 4. The van der Waals surface area contributed by atoms with Crippen molar-refractivity contribution in [3.05, 3.63) is 48.0 Å². The van der Waals surface area contributed by atoms with E-state index >= 15 is 0 Å². The zero-order valence-corrected chi connectivity index (χ0v) is 18.0. The smallest absolute Gasteiger partial charge is 0.141 e. The first-order valence-electron chi connectivity index (χ1n) is 10.1.